The van der Waals surface area contributed by atoms with Crippen molar-refractivity contribution in [2.45, 2.75) is 6.92 Å². The van der Waals surface area contributed by atoms with Crippen LogP contribution >= 0.6 is 11.6 Å². The predicted molar refractivity (Wildman–Crippen MR) is 57.1 cm³/mol. The molecule has 3 amide bonds. The number of imide groups is 1. The Labute approximate surface area is 91.8 Å². The standard InChI is InChI=1S/C10H9ClN2O2/c1-6-7(11)3-2-4-8(6)13-9(14)5-12-10(13)15/h2-4H,5H2,1H3,(H,12,15). The third-order valence-corrected chi connectivity index (χ3v) is 2.73. The highest BCUT2D eigenvalue weighted by atomic mass is 35.5. The summed E-state index contributed by atoms with van der Waals surface area (Å²) in [5, 5.41) is 3.00. The summed E-state index contributed by atoms with van der Waals surface area (Å²) in [6, 6.07) is 4.73. The first-order valence-electron chi connectivity index (χ1n) is 4.47. The molecule has 1 aliphatic heterocycles. The fourth-order valence-corrected chi connectivity index (χ4v) is 1.67. The summed E-state index contributed by atoms with van der Waals surface area (Å²) in [6.45, 7) is 1.82. The van der Waals surface area contributed by atoms with Gasteiger partial charge in [-0.05, 0) is 24.6 Å². The van der Waals surface area contributed by atoms with E-state index in [1.807, 2.05) is 0 Å². The first kappa shape index (κ1) is 9.98. The van der Waals surface area contributed by atoms with Crippen LogP contribution in [0.1, 0.15) is 5.56 Å². The van der Waals surface area contributed by atoms with E-state index in [-0.39, 0.29) is 12.5 Å². The van der Waals surface area contributed by atoms with Crippen LogP contribution in [0.25, 0.3) is 0 Å². The molecule has 0 spiro atoms. The number of rotatable bonds is 1. The number of nitrogens with one attached hydrogen (secondary N) is 1. The van der Waals surface area contributed by atoms with Gasteiger partial charge in [0.25, 0.3) is 5.91 Å². The minimum Gasteiger partial charge on any atom is -0.328 e. The highest BCUT2D eigenvalue weighted by molar-refractivity contribution is 6.32. The molecule has 0 aromatic heterocycles. The molecule has 1 aliphatic rings. The fraction of sp³-hybridized carbons (Fsp3) is 0.200. The van der Waals surface area contributed by atoms with E-state index >= 15 is 0 Å². The highest BCUT2D eigenvalue weighted by Crippen LogP contribution is 2.27. The Bertz CT molecular complexity index is 429. The van der Waals surface area contributed by atoms with Crippen LogP contribution in [0.5, 0.6) is 0 Å². The second kappa shape index (κ2) is 3.55. The number of benzene rings is 1. The third kappa shape index (κ3) is 1.57. The van der Waals surface area contributed by atoms with Crippen molar-refractivity contribution in [1.82, 2.24) is 5.32 Å². The van der Waals surface area contributed by atoms with Crippen LogP contribution in [-0.4, -0.2) is 18.5 Å². The lowest BCUT2D eigenvalue weighted by atomic mass is 10.2. The van der Waals surface area contributed by atoms with Gasteiger partial charge >= 0.3 is 6.03 Å². The molecule has 1 aromatic carbocycles. The zero-order valence-corrected chi connectivity index (χ0v) is 8.84. The lowest BCUT2D eigenvalue weighted by Gasteiger charge is -2.15. The van der Waals surface area contributed by atoms with E-state index in [0.29, 0.717) is 10.7 Å². The van der Waals surface area contributed by atoms with E-state index in [9.17, 15) is 9.59 Å². The van der Waals surface area contributed by atoms with E-state index in [1.165, 1.54) is 0 Å². The van der Waals surface area contributed by atoms with Gasteiger partial charge in [-0.25, -0.2) is 9.69 Å². The van der Waals surface area contributed by atoms with Crippen molar-refractivity contribution in [2.24, 2.45) is 0 Å². The van der Waals surface area contributed by atoms with Crippen LogP contribution in [0, 0.1) is 6.92 Å². The van der Waals surface area contributed by atoms with Crippen molar-refractivity contribution in [2.75, 3.05) is 11.4 Å². The molecule has 4 nitrogen and oxygen atoms in total. The van der Waals surface area contributed by atoms with Crippen molar-refractivity contribution >= 4 is 29.2 Å². The molecule has 0 bridgehead atoms. The Hall–Kier alpha value is -1.55. The molecular weight excluding hydrogens is 216 g/mol. The number of halogens is 1. The second-order valence-corrected chi connectivity index (χ2v) is 3.68. The van der Waals surface area contributed by atoms with Gasteiger partial charge in [0.2, 0.25) is 0 Å². The van der Waals surface area contributed by atoms with Crippen LogP contribution in [-0.2, 0) is 4.79 Å². The third-order valence-electron chi connectivity index (χ3n) is 2.32. The average Bonchev–Trinajstić information content (AvgIpc) is 2.52. The van der Waals surface area contributed by atoms with Crippen LogP contribution in [0.2, 0.25) is 5.02 Å². The first-order valence-corrected chi connectivity index (χ1v) is 4.85. The van der Waals surface area contributed by atoms with Gasteiger partial charge in [0.15, 0.2) is 0 Å². The minimum absolute atomic E-state index is 0.0464. The van der Waals surface area contributed by atoms with Gasteiger partial charge in [-0.3, -0.25) is 4.79 Å². The molecular formula is C10H9ClN2O2. The zero-order chi connectivity index (χ0) is 11.0. The van der Waals surface area contributed by atoms with Gasteiger partial charge < -0.3 is 5.32 Å². The van der Waals surface area contributed by atoms with Gasteiger partial charge in [-0.15, -0.1) is 0 Å². The zero-order valence-electron chi connectivity index (χ0n) is 8.08. The molecule has 0 aliphatic carbocycles. The quantitative estimate of drug-likeness (QED) is 0.739. The number of hydrogen-bond donors (Lipinski definition) is 1. The summed E-state index contributed by atoms with van der Waals surface area (Å²) in [7, 11) is 0. The molecule has 1 fully saturated rings. The number of nitrogens with zero attached hydrogens (tertiary/aromatic N) is 1. The summed E-state index contributed by atoms with van der Waals surface area (Å²) >= 11 is 5.92. The average molecular weight is 225 g/mol. The molecule has 0 unspecified atom stereocenters. The first-order chi connectivity index (χ1) is 7.11. The maximum Gasteiger partial charge on any atom is 0.329 e. The Morgan fingerprint density at radius 2 is 2.13 bits per heavy atom. The minimum atomic E-state index is -0.398. The SMILES string of the molecule is Cc1c(Cl)cccc1N1C(=O)CNC1=O. The van der Waals surface area contributed by atoms with Gasteiger partial charge in [-0.2, -0.15) is 0 Å². The molecule has 0 atom stereocenters. The molecule has 1 heterocycles. The van der Waals surface area contributed by atoms with Gasteiger partial charge in [0.05, 0.1) is 12.2 Å². The second-order valence-electron chi connectivity index (χ2n) is 3.27. The lowest BCUT2D eigenvalue weighted by Crippen LogP contribution is -2.31. The van der Waals surface area contributed by atoms with Crippen molar-refractivity contribution in [3.05, 3.63) is 28.8 Å². The maximum atomic E-state index is 11.4. The predicted octanol–water partition coefficient (Wildman–Crippen LogP) is 1.70. The van der Waals surface area contributed by atoms with Crippen molar-refractivity contribution in [3.8, 4) is 0 Å². The Morgan fingerprint density at radius 1 is 1.40 bits per heavy atom. The molecule has 2 rings (SSSR count). The smallest absolute Gasteiger partial charge is 0.328 e. The van der Waals surface area contributed by atoms with Crippen LogP contribution in [0.4, 0.5) is 10.5 Å². The lowest BCUT2D eigenvalue weighted by molar-refractivity contribution is -0.115. The van der Waals surface area contributed by atoms with Gasteiger partial charge in [-0.1, -0.05) is 17.7 Å². The Balaban J connectivity index is 2.49. The molecule has 78 valence electrons. The van der Waals surface area contributed by atoms with Gasteiger partial charge in [0, 0.05) is 5.02 Å². The molecule has 5 heteroatoms. The number of amides is 3. The monoisotopic (exact) mass is 224 g/mol. The van der Waals surface area contributed by atoms with Crippen molar-refractivity contribution < 1.29 is 9.59 Å². The summed E-state index contributed by atoms with van der Waals surface area (Å²) < 4.78 is 0. The normalized spacial score (nSPS) is 15.7. The summed E-state index contributed by atoms with van der Waals surface area (Å²) in [5.74, 6) is -0.259. The number of anilines is 1. The number of urea groups is 1. The fourth-order valence-electron chi connectivity index (χ4n) is 1.50. The van der Waals surface area contributed by atoms with Crippen LogP contribution in [0.3, 0.4) is 0 Å². The van der Waals surface area contributed by atoms with E-state index in [4.69, 9.17) is 11.6 Å². The molecule has 1 N–H and O–H groups in total. The topological polar surface area (TPSA) is 49.4 Å². The Morgan fingerprint density at radius 3 is 2.73 bits per heavy atom. The van der Waals surface area contributed by atoms with E-state index in [2.05, 4.69) is 5.32 Å². The highest BCUT2D eigenvalue weighted by Gasteiger charge is 2.31. The van der Waals surface area contributed by atoms with Crippen molar-refractivity contribution in [3.63, 3.8) is 0 Å². The van der Waals surface area contributed by atoms with Crippen LogP contribution in [0.15, 0.2) is 18.2 Å². The number of hydrogen-bond acceptors (Lipinski definition) is 2. The maximum absolute atomic E-state index is 11.4. The van der Waals surface area contributed by atoms with Gasteiger partial charge in [0.1, 0.15) is 0 Å². The molecule has 1 aromatic rings. The summed E-state index contributed by atoms with van der Waals surface area (Å²) in [5.41, 5.74) is 1.27. The molecule has 0 saturated carbocycles. The number of carbonyl (C=O) groups excluding carboxylic acids is 2. The van der Waals surface area contributed by atoms with E-state index < -0.39 is 6.03 Å². The van der Waals surface area contributed by atoms with Crippen LogP contribution < -0.4 is 10.2 Å². The summed E-state index contributed by atoms with van der Waals surface area (Å²) in [6.07, 6.45) is 0. The number of carbonyl (C=O) groups is 2. The summed E-state index contributed by atoms with van der Waals surface area (Å²) in [4.78, 5) is 24.0. The van der Waals surface area contributed by atoms with Crippen molar-refractivity contribution in [1.29, 1.82) is 0 Å². The molecule has 0 radical (unpaired) electrons. The van der Waals surface area contributed by atoms with E-state index in [0.717, 1.165) is 10.5 Å². The molecule has 1 saturated heterocycles. The largest absolute Gasteiger partial charge is 0.329 e. The van der Waals surface area contributed by atoms with E-state index in [1.54, 1.807) is 25.1 Å². The molecule has 15 heavy (non-hydrogen) atoms. The Kier molecular flexibility index (Phi) is 2.36.